The molecule has 1 N–H and O–H groups in total. The molecule has 1 rings (SSSR count). The van der Waals surface area contributed by atoms with Crippen LogP contribution in [0.25, 0.3) is 0 Å². The molecular weight excluding hydrogens is 168 g/mol. The van der Waals surface area contributed by atoms with E-state index >= 15 is 0 Å². The molecular formula is C10H12OS. The molecule has 64 valence electrons. The lowest BCUT2D eigenvalue weighted by molar-refractivity contribution is 0.184. The maximum absolute atomic E-state index is 9.58. The molecule has 0 bridgehead atoms. The van der Waals surface area contributed by atoms with E-state index in [1.54, 1.807) is 11.3 Å². The van der Waals surface area contributed by atoms with Crippen LogP contribution in [0.2, 0.25) is 0 Å². The van der Waals surface area contributed by atoms with Crippen molar-refractivity contribution in [3.63, 3.8) is 0 Å². The van der Waals surface area contributed by atoms with Gasteiger partial charge in [0.05, 0.1) is 6.10 Å². The van der Waals surface area contributed by atoms with Crippen LogP contribution in [0.15, 0.2) is 6.07 Å². The number of aliphatic hydroxyl groups is 1. The highest BCUT2D eigenvalue weighted by Crippen LogP contribution is 2.27. The van der Waals surface area contributed by atoms with E-state index in [-0.39, 0.29) is 0 Å². The fourth-order valence-electron chi connectivity index (χ4n) is 1.20. The van der Waals surface area contributed by atoms with Gasteiger partial charge in [-0.2, -0.15) is 0 Å². The molecule has 0 aromatic carbocycles. The lowest BCUT2D eigenvalue weighted by atomic mass is 10.1. The summed E-state index contributed by atoms with van der Waals surface area (Å²) in [6.07, 6.45) is 5.03. The molecule has 1 nitrogen and oxygen atoms in total. The van der Waals surface area contributed by atoms with Crippen molar-refractivity contribution in [1.82, 2.24) is 0 Å². The molecule has 1 atom stereocenters. The van der Waals surface area contributed by atoms with Crippen LogP contribution in [0.3, 0.4) is 0 Å². The van der Waals surface area contributed by atoms with Gasteiger partial charge in [0.2, 0.25) is 0 Å². The minimum atomic E-state index is -0.486. The molecule has 1 aromatic rings. The molecule has 0 aliphatic heterocycles. The molecule has 1 aromatic heterocycles. The van der Waals surface area contributed by atoms with Gasteiger partial charge in [-0.25, -0.2) is 0 Å². The van der Waals surface area contributed by atoms with Crippen LogP contribution >= 0.6 is 11.3 Å². The first-order chi connectivity index (χ1) is 5.65. The largest absolute Gasteiger partial charge is 0.387 e. The van der Waals surface area contributed by atoms with E-state index < -0.39 is 6.10 Å². The van der Waals surface area contributed by atoms with E-state index in [4.69, 9.17) is 6.42 Å². The van der Waals surface area contributed by atoms with Gasteiger partial charge in [0.25, 0.3) is 0 Å². The van der Waals surface area contributed by atoms with Gasteiger partial charge in [0, 0.05) is 16.2 Å². The van der Waals surface area contributed by atoms with E-state index in [1.165, 1.54) is 4.88 Å². The number of hydrogen-bond donors (Lipinski definition) is 1. The predicted molar refractivity (Wildman–Crippen MR) is 52.2 cm³/mol. The molecule has 1 unspecified atom stereocenters. The maximum Gasteiger partial charge on any atom is 0.0909 e. The summed E-state index contributed by atoms with van der Waals surface area (Å²) in [6.45, 7) is 4.04. The zero-order chi connectivity index (χ0) is 9.14. The van der Waals surface area contributed by atoms with E-state index in [0.717, 1.165) is 10.4 Å². The number of thiophene rings is 1. The molecule has 0 spiro atoms. The molecule has 12 heavy (non-hydrogen) atoms. The molecule has 0 amide bonds. The SMILES string of the molecule is C#CCC(O)c1cc(C)sc1C. The average Bonchev–Trinajstić information content (AvgIpc) is 2.30. The van der Waals surface area contributed by atoms with Crippen LogP contribution < -0.4 is 0 Å². The molecule has 1 heterocycles. The second-order valence-electron chi connectivity index (χ2n) is 2.79. The Bertz CT molecular complexity index is 306. The van der Waals surface area contributed by atoms with Crippen LogP contribution in [0, 0.1) is 26.2 Å². The van der Waals surface area contributed by atoms with Crippen molar-refractivity contribution >= 4 is 11.3 Å². The lowest BCUT2D eigenvalue weighted by Gasteiger charge is -2.04. The summed E-state index contributed by atoms with van der Waals surface area (Å²) < 4.78 is 0. The third kappa shape index (κ3) is 1.88. The third-order valence-electron chi connectivity index (χ3n) is 1.75. The number of terminal acetylenes is 1. The van der Waals surface area contributed by atoms with E-state index in [9.17, 15) is 5.11 Å². The van der Waals surface area contributed by atoms with Gasteiger partial charge in [-0.3, -0.25) is 0 Å². The molecule has 0 saturated heterocycles. The van der Waals surface area contributed by atoms with Crippen LogP contribution in [0.4, 0.5) is 0 Å². The van der Waals surface area contributed by atoms with Gasteiger partial charge < -0.3 is 5.11 Å². The zero-order valence-corrected chi connectivity index (χ0v) is 8.11. The molecule has 0 fully saturated rings. The molecule has 2 heteroatoms. The Hall–Kier alpha value is -0.780. The second-order valence-corrected chi connectivity index (χ2v) is 4.25. The van der Waals surface area contributed by atoms with Gasteiger partial charge in [0.15, 0.2) is 0 Å². The lowest BCUT2D eigenvalue weighted by Crippen LogP contribution is -1.95. The van der Waals surface area contributed by atoms with Crippen LogP contribution in [0.5, 0.6) is 0 Å². The Kier molecular flexibility index (Phi) is 2.91. The number of aryl methyl sites for hydroxylation is 2. The quantitative estimate of drug-likeness (QED) is 0.693. The van der Waals surface area contributed by atoms with Gasteiger partial charge in [0.1, 0.15) is 0 Å². The Morgan fingerprint density at radius 1 is 1.67 bits per heavy atom. The van der Waals surface area contributed by atoms with Gasteiger partial charge >= 0.3 is 0 Å². The standard InChI is InChI=1S/C10H12OS/c1-4-5-10(11)9-6-7(2)12-8(9)3/h1,6,10-11H,5H2,2-3H3. The number of aliphatic hydroxyl groups excluding tert-OH is 1. The highest BCUT2D eigenvalue weighted by molar-refractivity contribution is 7.12. The Morgan fingerprint density at radius 2 is 2.33 bits per heavy atom. The van der Waals surface area contributed by atoms with Crippen molar-refractivity contribution in [1.29, 1.82) is 0 Å². The molecule has 0 aliphatic carbocycles. The average molecular weight is 180 g/mol. The highest BCUT2D eigenvalue weighted by Gasteiger charge is 2.10. The zero-order valence-electron chi connectivity index (χ0n) is 7.29. The predicted octanol–water partition coefficient (Wildman–Crippen LogP) is 2.42. The third-order valence-corrected chi connectivity index (χ3v) is 2.73. The van der Waals surface area contributed by atoms with E-state index in [0.29, 0.717) is 6.42 Å². The molecule has 0 aliphatic rings. The van der Waals surface area contributed by atoms with Crippen molar-refractivity contribution in [2.24, 2.45) is 0 Å². The first-order valence-electron chi connectivity index (χ1n) is 3.83. The van der Waals surface area contributed by atoms with Crippen LogP contribution in [0.1, 0.15) is 27.8 Å². The smallest absolute Gasteiger partial charge is 0.0909 e. The van der Waals surface area contributed by atoms with Crippen molar-refractivity contribution < 1.29 is 5.11 Å². The highest BCUT2D eigenvalue weighted by atomic mass is 32.1. The number of rotatable bonds is 2. The topological polar surface area (TPSA) is 20.2 Å². The Morgan fingerprint density at radius 3 is 2.75 bits per heavy atom. The summed E-state index contributed by atoms with van der Waals surface area (Å²) in [5.74, 6) is 2.46. The number of hydrogen-bond acceptors (Lipinski definition) is 2. The summed E-state index contributed by atoms with van der Waals surface area (Å²) in [5.41, 5.74) is 0.982. The summed E-state index contributed by atoms with van der Waals surface area (Å²) in [6, 6.07) is 2.00. The monoisotopic (exact) mass is 180 g/mol. The first-order valence-corrected chi connectivity index (χ1v) is 4.65. The summed E-state index contributed by atoms with van der Waals surface area (Å²) in [7, 11) is 0. The van der Waals surface area contributed by atoms with Gasteiger partial charge in [-0.05, 0) is 25.5 Å². The van der Waals surface area contributed by atoms with Gasteiger partial charge in [-0.15, -0.1) is 23.7 Å². The second kappa shape index (κ2) is 3.75. The minimum Gasteiger partial charge on any atom is -0.387 e. The van der Waals surface area contributed by atoms with Crippen LogP contribution in [-0.4, -0.2) is 5.11 Å². The van der Waals surface area contributed by atoms with Crippen molar-refractivity contribution in [2.45, 2.75) is 26.4 Å². The summed E-state index contributed by atoms with van der Waals surface area (Å²) >= 11 is 1.69. The minimum absolute atomic E-state index is 0.400. The van der Waals surface area contributed by atoms with Crippen molar-refractivity contribution in [3.05, 3.63) is 21.4 Å². The molecule has 0 radical (unpaired) electrons. The fourth-order valence-corrected chi connectivity index (χ4v) is 2.18. The first kappa shape index (κ1) is 9.31. The summed E-state index contributed by atoms with van der Waals surface area (Å²) in [4.78, 5) is 2.38. The summed E-state index contributed by atoms with van der Waals surface area (Å²) in [5, 5.41) is 9.58. The van der Waals surface area contributed by atoms with Crippen molar-refractivity contribution in [2.75, 3.05) is 0 Å². The Labute approximate surface area is 77.1 Å². The van der Waals surface area contributed by atoms with Crippen molar-refractivity contribution in [3.8, 4) is 12.3 Å². The Balaban J connectivity index is 2.88. The fraction of sp³-hybridized carbons (Fsp3) is 0.400. The normalized spacial score (nSPS) is 12.5. The molecule has 0 saturated carbocycles. The van der Waals surface area contributed by atoms with Gasteiger partial charge in [-0.1, -0.05) is 0 Å². The van der Waals surface area contributed by atoms with E-state index in [2.05, 4.69) is 5.92 Å². The van der Waals surface area contributed by atoms with Crippen LogP contribution in [-0.2, 0) is 0 Å². The van der Waals surface area contributed by atoms with E-state index in [1.807, 2.05) is 19.9 Å². The maximum atomic E-state index is 9.58.